The molecule has 1 N–H and O–H groups in total. The summed E-state index contributed by atoms with van der Waals surface area (Å²) >= 11 is 0. The highest BCUT2D eigenvalue weighted by atomic mass is 127. The quantitative estimate of drug-likeness (QED) is 0.336. The first-order valence-electron chi connectivity index (χ1n) is 9.17. The predicted octanol–water partition coefficient (Wildman–Crippen LogP) is 2.95. The minimum absolute atomic E-state index is 0. The Morgan fingerprint density at radius 3 is 2.78 bits per heavy atom. The lowest BCUT2D eigenvalue weighted by Crippen LogP contribution is -2.40. The number of aromatic nitrogens is 3. The number of ether oxygens (including phenoxy) is 1. The van der Waals surface area contributed by atoms with E-state index in [2.05, 4.69) is 44.9 Å². The average Bonchev–Trinajstić information content (AvgIpc) is 3.12. The Balaban J connectivity index is 0.00000364. The van der Waals surface area contributed by atoms with E-state index in [1.165, 1.54) is 0 Å². The number of methoxy groups -OCH3 is 1. The van der Waals surface area contributed by atoms with Gasteiger partial charge in [0.25, 0.3) is 0 Å². The molecule has 0 spiro atoms. The molecule has 0 amide bonds. The molecule has 0 saturated heterocycles. The van der Waals surface area contributed by atoms with Gasteiger partial charge in [-0.05, 0) is 12.5 Å². The Hall–Kier alpha value is -1.84. The van der Waals surface area contributed by atoms with Crippen molar-refractivity contribution < 1.29 is 4.74 Å². The van der Waals surface area contributed by atoms with Crippen molar-refractivity contribution in [3.8, 4) is 5.75 Å². The molecule has 1 aromatic carbocycles. The zero-order chi connectivity index (χ0) is 18.8. The van der Waals surface area contributed by atoms with Crippen LogP contribution < -0.4 is 10.1 Å². The minimum atomic E-state index is 0. The van der Waals surface area contributed by atoms with Gasteiger partial charge in [0.1, 0.15) is 17.9 Å². The maximum absolute atomic E-state index is 5.46. The van der Waals surface area contributed by atoms with E-state index < -0.39 is 0 Å². The fraction of sp³-hybridized carbons (Fsp3) is 0.526. The number of hydrogen-bond acceptors (Lipinski definition) is 4. The van der Waals surface area contributed by atoms with Crippen molar-refractivity contribution in [2.24, 2.45) is 4.99 Å². The number of nitrogens with zero attached hydrogens (tertiary/aromatic N) is 5. The van der Waals surface area contributed by atoms with Crippen LogP contribution in [0.4, 0.5) is 0 Å². The van der Waals surface area contributed by atoms with Crippen molar-refractivity contribution in [2.45, 2.75) is 39.8 Å². The monoisotopic (exact) mass is 486 g/mol. The zero-order valence-electron chi connectivity index (χ0n) is 16.7. The maximum atomic E-state index is 5.46. The second-order valence-electron chi connectivity index (χ2n) is 6.09. The summed E-state index contributed by atoms with van der Waals surface area (Å²) in [7, 11) is 3.75. The first kappa shape index (κ1) is 23.2. The summed E-state index contributed by atoms with van der Waals surface area (Å²) in [6, 6.07) is 8.08. The Kier molecular flexibility index (Phi) is 10.8. The molecule has 0 aliphatic rings. The third kappa shape index (κ3) is 7.00. The van der Waals surface area contributed by atoms with Gasteiger partial charge < -0.3 is 19.5 Å². The number of aryl methyl sites for hydroxylation is 1. The van der Waals surface area contributed by atoms with Crippen LogP contribution in [0.15, 0.2) is 35.6 Å². The summed E-state index contributed by atoms with van der Waals surface area (Å²) in [6.07, 6.45) is 3.67. The number of nitrogens with one attached hydrogen (secondary N) is 1. The zero-order valence-corrected chi connectivity index (χ0v) is 19.0. The average molecular weight is 486 g/mol. The molecule has 1 heterocycles. The Morgan fingerprint density at radius 2 is 2.07 bits per heavy atom. The lowest BCUT2D eigenvalue weighted by Gasteiger charge is -2.23. The molecule has 0 atom stereocenters. The second kappa shape index (κ2) is 12.5. The number of aliphatic imine (C=N–C) groups is 1. The van der Waals surface area contributed by atoms with Gasteiger partial charge in [0, 0.05) is 45.2 Å². The standard InChI is InChI=1S/C19H30N6O.HI/c1-5-11-20-19(21-12-13-25-15-22-23-18(25)6-2)24(3)14-16-9-7-8-10-17(16)26-4;/h7-10,15H,5-6,11-14H2,1-4H3,(H,20,21);1H. The van der Waals surface area contributed by atoms with Crippen LogP contribution in [0.2, 0.25) is 0 Å². The number of benzene rings is 1. The van der Waals surface area contributed by atoms with Crippen molar-refractivity contribution in [2.75, 3.05) is 27.2 Å². The first-order chi connectivity index (χ1) is 12.7. The van der Waals surface area contributed by atoms with Gasteiger partial charge in [-0.1, -0.05) is 32.0 Å². The third-order valence-electron chi connectivity index (χ3n) is 4.09. The fourth-order valence-electron chi connectivity index (χ4n) is 2.72. The van der Waals surface area contributed by atoms with Crippen LogP contribution in [0.3, 0.4) is 0 Å². The van der Waals surface area contributed by atoms with Crippen molar-refractivity contribution >= 4 is 29.9 Å². The van der Waals surface area contributed by atoms with Crippen molar-refractivity contribution in [1.29, 1.82) is 0 Å². The van der Waals surface area contributed by atoms with Gasteiger partial charge in [0.15, 0.2) is 5.96 Å². The molecule has 0 unspecified atom stereocenters. The maximum Gasteiger partial charge on any atom is 0.194 e. The smallest absolute Gasteiger partial charge is 0.194 e. The van der Waals surface area contributed by atoms with Crippen molar-refractivity contribution in [1.82, 2.24) is 25.0 Å². The molecule has 150 valence electrons. The molecule has 0 radical (unpaired) electrons. The van der Waals surface area contributed by atoms with E-state index in [1.807, 2.05) is 25.2 Å². The summed E-state index contributed by atoms with van der Waals surface area (Å²) < 4.78 is 7.53. The molecule has 0 aliphatic heterocycles. The molecule has 27 heavy (non-hydrogen) atoms. The molecule has 2 rings (SSSR count). The van der Waals surface area contributed by atoms with Gasteiger partial charge in [-0.25, -0.2) is 0 Å². The van der Waals surface area contributed by atoms with Gasteiger partial charge in [0.05, 0.1) is 7.11 Å². The van der Waals surface area contributed by atoms with Gasteiger partial charge >= 0.3 is 0 Å². The van der Waals surface area contributed by atoms with Gasteiger partial charge in [0.2, 0.25) is 0 Å². The van der Waals surface area contributed by atoms with E-state index >= 15 is 0 Å². The van der Waals surface area contributed by atoms with E-state index in [-0.39, 0.29) is 24.0 Å². The van der Waals surface area contributed by atoms with E-state index in [0.717, 1.165) is 62.1 Å². The second-order valence-corrected chi connectivity index (χ2v) is 6.09. The third-order valence-corrected chi connectivity index (χ3v) is 4.09. The summed E-state index contributed by atoms with van der Waals surface area (Å²) in [5.74, 6) is 2.79. The van der Waals surface area contributed by atoms with E-state index in [9.17, 15) is 0 Å². The van der Waals surface area contributed by atoms with Gasteiger partial charge in [-0.15, -0.1) is 34.2 Å². The number of halogens is 1. The number of hydrogen-bond donors (Lipinski definition) is 1. The van der Waals surface area contributed by atoms with E-state index in [1.54, 1.807) is 13.4 Å². The molecule has 0 saturated carbocycles. The Labute approximate surface area is 179 Å². The number of guanidine groups is 1. The van der Waals surface area contributed by atoms with Crippen LogP contribution in [0, 0.1) is 0 Å². The molecule has 8 heteroatoms. The number of rotatable bonds is 9. The molecular formula is C19H31IN6O. The van der Waals surface area contributed by atoms with Crippen LogP contribution >= 0.6 is 24.0 Å². The first-order valence-corrected chi connectivity index (χ1v) is 9.17. The van der Waals surface area contributed by atoms with Crippen molar-refractivity contribution in [3.05, 3.63) is 42.0 Å². The molecule has 0 aliphatic carbocycles. The lowest BCUT2D eigenvalue weighted by molar-refractivity contribution is 0.395. The van der Waals surface area contributed by atoms with Gasteiger partial charge in [-0.2, -0.15) is 0 Å². The highest BCUT2D eigenvalue weighted by Gasteiger charge is 2.10. The van der Waals surface area contributed by atoms with Crippen LogP contribution in [-0.4, -0.2) is 52.9 Å². The highest BCUT2D eigenvalue weighted by molar-refractivity contribution is 14.0. The van der Waals surface area contributed by atoms with Gasteiger partial charge in [-0.3, -0.25) is 4.99 Å². The van der Waals surface area contributed by atoms with Crippen LogP contribution in [0.1, 0.15) is 31.7 Å². The topological polar surface area (TPSA) is 67.6 Å². The minimum Gasteiger partial charge on any atom is -0.496 e. The molecule has 0 fully saturated rings. The highest BCUT2D eigenvalue weighted by Crippen LogP contribution is 2.18. The number of para-hydroxylation sites is 1. The van der Waals surface area contributed by atoms with E-state index in [0.29, 0.717) is 0 Å². The predicted molar refractivity (Wildman–Crippen MR) is 120 cm³/mol. The normalized spacial score (nSPS) is 11.0. The van der Waals surface area contributed by atoms with Crippen LogP contribution in [-0.2, 0) is 19.5 Å². The fourth-order valence-corrected chi connectivity index (χ4v) is 2.72. The summed E-state index contributed by atoms with van der Waals surface area (Å²) in [5.41, 5.74) is 1.13. The molecular weight excluding hydrogens is 455 g/mol. The van der Waals surface area contributed by atoms with E-state index in [4.69, 9.17) is 9.73 Å². The summed E-state index contributed by atoms with van der Waals surface area (Å²) in [5, 5.41) is 11.6. The molecule has 1 aromatic heterocycles. The SMILES string of the molecule is CCCN=C(NCCn1cnnc1CC)N(C)Cc1ccccc1OC.I. The van der Waals surface area contributed by atoms with Crippen LogP contribution in [0.5, 0.6) is 5.75 Å². The Bertz CT molecular complexity index is 703. The van der Waals surface area contributed by atoms with Crippen LogP contribution in [0.25, 0.3) is 0 Å². The largest absolute Gasteiger partial charge is 0.496 e. The summed E-state index contributed by atoms with van der Waals surface area (Å²) in [6.45, 7) is 7.32. The van der Waals surface area contributed by atoms with Crippen molar-refractivity contribution in [3.63, 3.8) is 0 Å². The molecule has 0 bridgehead atoms. The molecule has 7 nitrogen and oxygen atoms in total. The Morgan fingerprint density at radius 1 is 1.30 bits per heavy atom. The molecule has 2 aromatic rings. The lowest BCUT2D eigenvalue weighted by atomic mass is 10.2. The summed E-state index contributed by atoms with van der Waals surface area (Å²) in [4.78, 5) is 6.83.